The molecule has 24 heavy (non-hydrogen) atoms. The van der Waals surface area contributed by atoms with Gasteiger partial charge in [-0.3, -0.25) is 4.98 Å². The maximum absolute atomic E-state index is 4.13. The van der Waals surface area contributed by atoms with E-state index in [0.717, 1.165) is 0 Å². The Bertz CT molecular complexity index is 784. The monoisotopic (exact) mass is 409 g/mol. The summed E-state index contributed by atoms with van der Waals surface area (Å²) in [5.41, 5.74) is 2.78. The zero-order valence-corrected chi connectivity index (χ0v) is 17.5. The molecule has 1 heterocycles. The van der Waals surface area contributed by atoms with Crippen LogP contribution in [0, 0.1) is 13.8 Å². The maximum Gasteiger partial charge on any atom is 4.00 e. The van der Waals surface area contributed by atoms with Crippen molar-refractivity contribution < 1.29 is 46.5 Å². The van der Waals surface area contributed by atoms with Crippen molar-refractivity contribution in [2.24, 2.45) is 0 Å². The van der Waals surface area contributed by atoms with Gasteiger partial charge in [0.1, 0.15) is 0 Å². The number of rotatable bonds is 1. The summed E-state index contributed by atoms with van der Waals surface area (Å²) in [6, 6.07) is 19.3. The van der Waals surface area contributed by atoms with Gasteiger partial charge in [0.05, 0.1) is 0 Å². The predicted octanol–water partition coefficient (Wildman–Crippen LogP) is -0.0427. The molecule has 0 amide bonds. The van der Waals surface area contributed by atoms with Gasteiger partial charge in [-0.05, 0) is 5.80 Å². The molecule has 0 fully saturated rings. The number of nitrogens with zero attached hydrogens (tertiary/aromatic N) is 1. The molecule has 0 spiro atoms. The molecule has 0 aliphatic heterocycles. The molecule has 1 atom stereocenters. The van der Waals surface area contributed by atoms with Crippen LogP contribution in [0.15, 0.2) is 72.5 Å². The zero-order valence-electron chi connectivity index (χ0n) is 13.6. The van der Waals surface area contributed by atoms with Crippen LogP contribution in [0.4, 0.5) is 0 Å². The van der Waals surface area contributed by atoms with Gasteiger partial charge in [0, 0.05) is 12.1 Å². The van der Waals surface area contributed by atoms with Gasteiger partial charge in [0.15, 0.2) is 0 Å². The molecule has 0 saturated heterocycles. The Morgan fingerprint density at radius 1 is 1.08 bits per heavy atom. The third-order valence-corrected chi connectivity index (χ3v) is 5.41. The third-order valence-electron chi connectivity index (χ3n) is 3.72. The summed E-state index contributed by atoms with van der Waals surface area (Å²) in [7, 11) is -0.259. The fourth-order valence-corrected chi connectivity index (χ4v) is 3.69. The molecule has 0 saturated carbocycles. The molecule has 0 N–H and O–H groups in total. The zero-order chi connectivity index (χ0) is 14.7. The van der Waals surface area contributed by atoms with E-state index in [2.05, 4.69) is 79.2 Å². The number of benzene rings is 1. The molecule has 4 rings (SSSR count). The van der Waals surface area contributed by atoms with Crippen molar-refractivity contribution in [2.45, 2.75) is 13.8 Å². The Hall–Kier alpha value is -0.816. The number of hydrogen-bond donors (Lipinski definition) is 0. The topological polar surface area (TPSA) is 12.9 Å². The molecule has 0 radical (unpaired) electrons. The minimum Gasteiger partial charge on any atom is -1.00 e. The Morgan fingerprint density at radius 2 is 1.83 bits per heavy atom. The number of aromatic nitrogens is 1. The van der Waals surface area contributed by atoms with E-state index in [4.69, 9.17) is 0 Å². The van der Waals surface area contributed by atoms with E-state index >= 15 is 0 Å². The van der Waals surface area contributed by atoms with Crippen LogP contribution in [0.3, 0.4) is 0 Å². The third kappa shape index (κ3) is 5.62. The predicted molar refractivity (Wildman–Crippen MR) is 92.9 cm³/mol. The molecule has 1 aromatic heterocycles. The van der Waals surface area contributed by atoms with Gasteiger partial charge < -0.3 is 24.8 Å². The minimum atomic E-state index is -0.259. The smallest absolute Gasteiger partial charge is 1.00 e. The Morgan fingerprint density at radius 3 is 2.33 bits per heavy atom. The second-order valence-electron chi connectivity index (χ2n) is 5.20. The summed E-state index contributed by atoms with van der Waals surface area (Å²) in [4.78, 5) is 4.13. The Labute approximate surface area is 172 Å². The average molecular weight is 410 g/mol. The van der Waals surface area contributed by atoms with Gasteiger partial charge in [-0.1, -0.05) is 32.8 Å². The first-order chi connectivity index (χ1) is 10.2. The second-order valence-corrected chi connectivity index (χ2v) is 7.06. The van der Waals surface area contributed by atoms with Crippen LogP contribution < -0.4 is 24.8 Å². The maximum atomic E-state index is 4.13. The summed E-state index contributed by atoms with van der Waals surface area (Å²) in [6.45, 7) is 4.24. The van der Waals surface area contributed by atoms with E-state index in [-0.39, 0.29) is 54.1 Å². The van der Waals surface area contributed by atoms with E-state index in [0.29, 0.717) is 0 Å². The van der Waals surface area contributed by atoms with Crippen molar-refractivity contribution in [3.63, 3.8) is 0 Å². The molecule has 0 aliphatic rings. The van der Waals surface area contributed by atoms with Crippen molar-refractivity contribution in [1.82, 2.24) is 4.98 Å². The standard InChI is InChI=1S/C12H9NP.C7H9.2ClH.Ti/c1-2-4-11-8-12(7-10(11)3-1)14-6-5-13-9-14;1-6-4-3-5-7(6)2;;;/h1-9H;3-5H,1-2H3;2*1H;/q2*-1;;;+4/p-2. The number of aryl methyl sites for hydroxylation is 2. The second kappa shape index (κ2) is 10.9. The van der Waals surface area contributed by atoms with E-state index < -0.39 is 0 Å². The van der Waals surface area contributed by atoms with Crippen molar-refractivity contribution in [1.29, 1.82) is 0 Å². The normalized spacial score (nSPS) is 9.83. The van der Waals surface area contributed by atoms with Gasteiger partial charge in [0.2, 0.25) is 0 Å². The molecular formula is C19H18Cl2NPTi. The molecule has 122 valence electrons. The van der Waals surface area contributed by atoms with Crippen molar-refractivity contribution in [3.05, 3.63) is 83.6 Å². The van der Waals surface area contributed by atoms with E-state index in [1.54, 1.807) is 0 Å². The number of fused-ring (bicyclic) bond motifs is 1. The van der Waals surface area contributed by atoms with E-state index in [9.17, 15) is 0 Å². The van der Waals surface area contributed by atoms with Gasteiger partial charge >= 0.3 is 21.7 Å². The first-order valence-electron chi connectivity index (χ1n) is 7.07. The SMILES string of the molecule is Cc1ccc[c-]1C.[Cl-].[Cl-].[Ti+4].c1ccc2[cH-]c(-p3ccnc3)cc2c1. The van der Waals surface area contributed by atoms with Gasteiger partial charge in [-0.15, -0.1) is 35.0 Å². The fraction of sp³-hybridized carbons (Fsp3) is 0.105. The minimum absolute atomic E-state index is 0. The van der Waals surface area contributed by atoms with Crippen LogP contribution in [0.25, 0.3) is 16.1 Å². The van der Waals surface area contributed by atoms with E-state index in [1.807, 2.05) is 12.1 Å². The van der Waals surface area contributed by atoms with Crippen molar-refractivity contribution in [2.75, 3.05) is 0 Å². The van der Waals surface area contributed by atoms with Crippen LogP contribution >= 0.6 is 7.53 Å². The molecular weight excluding hydrogens is 392 g/mol. The quantitative estimate of drug-likeness (QED) is 0.317. The van der Waals surface area contributed by atoms with E-state index in [1.165, 1.54) is 27.2 Å². The van der Waals surface area contributed by atoms with Gasteiger partial charge in [0.25, 0.3) is 0 Å². The van der Waals surface area contributed by atoms with Gasteiger partial charge in [-0.25, -0.2) is 12.1 Å². The first kappa shape index (κ1) is 23.2. The van der Waals surface area contributed by atoms with Crippen LogP contribution in [-0.2, 0) is 21.7 Å². The van der Waals surface area contributed by atoms with Crippen LogP contribution in [-0.4, -0.2) is 4.98 Å². The molecule has 1 nitrogen and oxygen atoms in total. The molecule has 1 unspecified atom stereocenters. The summed E-state index contributed by atoms with van der Waals surface area (Å²) in [5.74, 6) is 4.23. The molecule has 5 heteroatoms. The average Bonchev–Trinajstić information content (AvgIpc) is 3.21. The van der Waals surface area contributed by atoms with Crippen LogP contribution in [0.2, 0.25) is 0 Å². The summed E-state index contributed by atoms with van der Waals surface area (Å²) >= 11 is 0. The number of hydrogen-bond acceptors (Lipinski definition) is 1. The van der Waals surface area contributed by atoms with Crippen molar-refractivity contribution in [3.8, 4) is 5.30 Å². The summed E-state index contributed by atoms with van der Waals surface area (Å²) in [6.07, 6.45) is 1.89. The summed E-state index contributed by atoms with van der Waals surface area (Å²) in [5, 5.41) is 4.07. The Kier molecular flexibility index (Phi) is 10.6. The fourth-order valence-electron chi connectivity index (χ4n) is 2.29. The molecule has 4 aromatic rings. The summed E-state index contributed by atoms with van der Waals surface area (Å²) < 4.78 is 0. The van der Waals surface area contributed by atoms with Crippen LogP contribution in [0.5, 0.6) is 0 Å². The van der Waals surface area contributed by atoms with Crippen molar-refractivity contribution >= 4 is 18.3 Å². The largest absolute Gasteiger partial charge is 4.00 e. The van der Waals surface area contributed by atoms with Crippen LogP contribution in [0.1, 0.15) is 11.1 Å². The molecule has 0 bridgehead atoms. The first-order valence-corrected chi connectivity index (χ1v) is 8.55. The van der Waals surface area contributed by atoms with Gasteiger partial charge in [-0.2, -0.15) is 23.3 Å². The molecule has 0 aliphatic carbocycles. The number of halogens is 2. The Balaban J connectivity index is 0.000000463. The molecule has 3 aromatic carbocycles.